The van der Waals surface area contributed by atoms with Crippen molar-refractivity contribution in [1.82, 2.24) is 9.13 Å². The number of hydrogen-bond acceptors (Lipinski definition) is 5. The van der Waals surface area contributed by atoms with Crippen LogP contribution in [-0.4, -0.2) is 22.3 Å². The summed E-state index contributed by atoms with van der Waals surface area (Å²) >= 11 is 0. The summed E-state index contributed by atoms with van der Waals surface area (Å²) in [5.74, 6) is 0.353. The molecule has 1 unspecified atom stereocenters. The van der Waals surface area contributed by atoms with Gasteiger partial charge in [0.25, 0.3) is 22.2 Å². The summed E-state index contributed by atoms with van der Waals surface area (Å²) in [5, 5.41) is 0.655. The zero-order valence-electron chi connectivity index (χ0n) is 14.7. The van der Waals surface area contributed by atoms with Crippen molar-refractivity contribution < 1.29 is 4.74 Å². The Kier molecular flexibility index (Phi) is 4.20. The van der Waals surface area contributed by atoms with Crippen molar-refractivity contribution in [3.05, 3.63) is 53.5 Å². The first-order valence-corrected chi connectivity index (χ1v) is 8.20. The van der Waals surface area contributed by atoms with Gasteiger partial charge in [0, 0.05) is 13.7 Å². The fourth-order valence-electron chi connectivity index (χ4n) is 3.06. The van der Waals surface area contributed by atoms with Crippen LogP contribution in [0.25, 0.3) is 21.5 Å². The van der Waals surface area contributed by atoms with Gasteiger partial charge in [-0.05, 0) is 25.0 Å². The van der Waals surface area contributed by atoms with Crippen molar-refractivity contribution in [1.29, 1.82) is 0 Å². The van der Waals surface area contributed by atoms with E-state index in [1.807, 2.05) is 13.8 Å². The van der Waals surface area contributed by atoms with Crippen LogP contribution in [0, 0.1) is 5.92 Å². The average molecular weight is 344 g/mol. The van der Waals surface area contributed by atoms with Crippen molar-refractivity contribution >= 4 is 21.5 Å². The first-order chi connectivity index (χ1) is 11.7. The third-order valence-corrected chi connectivity index (χ3v) is 4.38. The number of nitrogens with zero attached hydrogens (tertiary/aromatic N) is 2. The van der Waals surface area contributed by atoms with Crippen molar-refractivity contribution in [2.24, 2.45) is 13.0 Å². The average Bonchev–Trinajstić information content (AvgIpc) is 2.92. The second-order valence-corrected chi connectivity index (χ2v) is 6.87. The van der Waals surface area contributed by atoms with E-state index in [-0.39, 0.29) is 28.2 Å². The molecule has 2 heterocycles. The molecule has 2 aromatic heterocycles. The molecule has 0 N–H and O–H groups in total. The van der Waals surface area contributed by atoms with Crippen molar-refractivity contribution in [3.8, 4) is 0 Å². The summed E-state index contributed by atoms with van der Waals surface area (Å²) in [5.41, 5.74) is -1.85. The summed E-state index contributed by atoms with van der Waals surface area (Å²) in [6.07, 6.45) is 0. The van der Waals surface area contributed by atoms with E-state index in [4.69, 9.17) is 4.74 Å². The Morgan fingerprint density at radius 3 is 1.68 bits per heavy atom. The monoisotopic (exact) mass is 344 g/mol. The summed E-state index contributed by atoms with van der Waals surface area (Å²) in [4.78, 5) is 49.5. The number of hydrogen-bond donors (Lipinski definition) is 0. The van der Waals surface area contributed by atoms with E-state index in [0.29, 0.717) is 12.5 Å². The highest BCUT2D eigenvalue weighted by molar-refractivity contribution is 5.97. The molecule has 132 valence electrons. The quantitative estimate of drug-likeness (QED) is 0.679. The predicted octanol–water partition coefficient (Wildman–Crippen LogP) is 0.683. The van der Waals surface area contributed by atoms with Crippen LogP contribution in [0.1, 0.15) is 26.8 Å². The number of ether oxygens (including phenoxy) is 1. The maximum atomic E-state index is 12.7. The van der Waals surface area contributed by atoms with Gasteiger partial charge < -0.3 is 4.74 Å². The van der Waals surface area contributed by atoms with E-state index >= 15 is 0 Å². The number of rotatable bonds is 5. The lowest BCUT2D eigenvalue weighted by Crippen LogP contribution is -2.31. The molecular weight excluding hydrogens is 324 g/mol. The Hall–Kier alpha value is -2.54. The molecule has 3 rings (SSSR count). The Bertz CT molecular complexity index is 1080. The fraction of sp³-hybridized carbons (Fsp3) is 0.444. The topological polar surface area (TPSA) is 87.4 Å². The molecule has 25 heavy (non-hydrogen) atoms. The Morgan fingerprint density at radius 1 is 0.800 bits per heavy atom. The van der Waals surface area contributed by atoms with Gasteiger partial charge in [-0.15, -0.1) is 0 Å². The predicted molar refractivity (Wildman–Crippen MR) is 96.2 cm³/mol. The molecule has 1 atom stereocenters. The first-order valence-electron chi connectivity index (χ1n) is 8.20. The molecule has 0 amide bonds. The standard InChI is InChI=1S/C18H20N2O5/c1-9(2)7-25-8-10(3)20-17(23)13-5-11-12(6-14(13)18(20)24)16(22)19(4)15(11)21/h5-6,9-10H,7-8H2,1-4H3. The van der Waals surface area contributed by atoms with E-state index in [9.17, 15) is 19.2 Å². The Morgan fingerprint density at radius 2 is 1.24 bits per heavy atom. The summed E-state index contributed by atoms with van der Waals surface area (Å²) in [6, 6.07) is 2.28. The SMILES string of the molecule is CC(C)COCC(C)n1c(=O)c2cc3c(=O)n(C)c(=O)c3cc2c1=O. The highest BCUT2D eigenvalue weighted by Gasteiger charge is 2.21. The van der Waals surface area contributed by atoms with Gasteiger partial charge in [-0.25, -0.2) is 0 Å². The highest BCUT2D eigenvalue weighted by Crippen LogP contribution is 2.15. The van der Waals surface area contributed by atoms with Gasteiger partial charge in [0.15, 0.2) is 0 Å². The molecule has 7 nitrogen and oxygen atoms in total. The number of benzene rings is 1. The molecule has 0 radical (unpaired) electrons. The summed E-state index contributed by atoms with van der Waals surface area (Å²) < 4.78 is 7.65. The van der Waals surface area contributed by atoms with Crippen LogP contribution in [0.5, 0.6) is 0 Å². The van der Waals surface area contributed by atoms with Gasteiger partial charge in [-0.3, -0.25) is 28.3 Å². The smallest absolute Gasteiger partial charge is 0.261 e. The Labute approximate surface area is 142 Å². The van der Waals surface area contributed by atoms with Gasteiger partial charge in [-0.2, -0.15) is 0 Å². The van der Waals surface area contributed by atoms with Gasteiger partial charge in [0.05, 0.1) is 34.2 Å². The molecule has 0 aliphatic heterocycles. The molecule has 0 saturated heterocycles. The van der Waals surface area contributed by atoms with Gasteiger partial charge in [-0.1, -0.05) is 13.8 Å². The summed E-state index contributed by atoms with van der Waals surface area (Å²) in [6.45, 7) is 6.54. The van der Waals surface area contributed by atoms with Crippen LogP contribution in [0.4, 0.5) is 0 Å². The maximum Gasteiger partial charge on any atom is 0.261 e. The van der Waals surface area contributed by atoms with Gasteiger partial charge >= 0.3 is 0 Å². The molecule has 0 aliphatic carbocycles. The lowest BCUT2D eigenvalue weighted by atomic mass is 10.1. The van der Waals surface area contributed by atoms with E-state index < -0.39 is 28.3 Å². The highest BCUT2D eigenvalue weighted by atomic mass is 16.5. The van der Waals surface area contributed by atoms with Crippen molar-refractivity contribution in [2.75, 3.05) is 13.2 Å². The molecule has 0 saturated carbocycles. The van der Waals surface area contributed by atoms with E-state index in [1.54, 1.807) is 6.92 Å². The van der Waals surface area contributed by atoms with Crippen molar-refractivity contribution in [3.63, 3.8) is 0 Å². The normalized spacial score (nSPS) is 13.3. The van der Waals surface area contributed by atoms with Crippen LogP contribution < -0.4 is 22.2 Å². The van der Waals surface area contributed by atoms with Crippen molar-refractivity contribution in [2.45, 2.75) is 26.8 Å². The zero-order chi connectivity index (χ0) is 18.5. The summed E-state index contributed by atoms with van der Waals surface area (Å²) in [7, 11) is 1.37. The largest absolute Gasteiger partial charge is 0.379 e. The minimum absolute atomic E-state index is 0.163. The first kappa shape index (κ1) is 17.3. The molecule has 0 fully saturated rings. The van der Waals surface area contributed by atoms with Crippen LogP contribution in [0.3, 0.4) is 0 Å². The lowest BCUT2D eigenvalue weighted by Gasteiger charge is -2.13. The minimum Gasteiger partial charge on any atom is -0.379 e. The third kappa shape index (κ3) is 2.64. The molecule has 0 aliphatic rings. The molecule has 3 aromatic rings. The van der Waals surface area contributed by atoms with E-state index in [0.717, 1.165) is 9.13 Å². The maximum absolute atomic E-state index is 12.7. The van der Waals surface area contributed by atoms with Gasteiger partial charge in [0.2, 0.25) is 0 Å². The molecule has 0 spiro atoms. The molecule has 7 heteroatoms. The van der Waals surface area contributed by atoms with E-state index in [1.165, 1.54) is 19.2 Å². The molecule has 0 bridgehead atoms. The minimum atomic E-state index is -0.463. The number of fused-ring (bicyclic) bond motifs is 2. The third-order valence-electron chi connectivity index (χ3n) is 4.38. The Balaban J connectivity index is 2.16. The van der Waals surface area contributed by atoms with Gasteiger partial charge in [0.1, 0.15) is 0 Å². The van der Waals surface area contributed by atoms with Crippen LogP contribution in [0.15, 0.2) is 31.3 Å². The molecule has 1 aromatic carbocycles. The van der Waals surface area contributed by atoms with Crippen LogP contribution >= 0.6 is 0 Å². The fourth-order valence-corrected chi connectivity index (χ4v) is 3.06. The van der Waals surface area contributed by atoms with Crippen LogP contribution in [-0.2, 0) is 11.8 Å². The molecular formula is C18H20N2O5. The van der Waals surface area contributed by atoms with E-state index in [2.05, 4.69) is 0 Å². The second kappa shape index (κ2) is 6.07. The lowest BCUT2D eigenvalue weighted by molar-refractivity contribution is 0.0855. The number of aromatic nitrogens is 2. The van der Waals surface area contributed by atoms with Crippen LogP contribution in [0.2, 0.25) is 0 Å². The second-order valence-electron chi connectivity index (χ2n) is 6.87. The zero-order valence-corrected chi connectivity index (χ0v) is 14.7.